The number of ether oxygens (including phenoxy) is 2. The predicted octanol–water partition coefficient (Wildman–Crippen LogP) is -0.897. The van der Waals surface area contributed by atoms with Gasteiger partial charge in [0.2, 0.25) is 27.7 Å². The zero-order valence-corrected chi connectivity index (χ0v) is 18.6. The van der Waals surface area contributed by atoms with E-state index in [4.69, 9.17) is 9.47 Å². The number of amides is 2. The second-order valence-electron chi connectivity index (χ2n) is 6.06. The zero-order chi connectivity index (χ0) is 24.1. The van der Waals surface area contributed by atoms with E-state index in [1.807, 2.05) is 0 Å². The van der Waals surface area contributed by atoms with Crippen LogP contribution in [0.1, 0.15) is 15.9 Å². The van der Waals surface area contributed by atoms with Gasteiger partial charge in [-0.25, -0.2) is 35.9 Å². The third-order valence-electron chi connectivity index (χ3n) is 3.65. The number of carbonyl (C=O) groups excluding carboxylic acids is 1. The first kappa shape index (κ1) is 28.5. The molecule has 4 N–H and O–H groups in total. The van der Waals surface area contributed by atoms with Gasteiger partial charge in [0, 0.05) is 6.54 Å². The first-order valence-corrected chi connectivity index (χ1v) is 11.8. The standard InChI is InChI=1S/C16H19N5O9S2.Na.H/c1-29-12-7-13(30-2)19-15(18-12)20-16(24)21-32(27,28)11-6-9(8-17-31(3,25)26)4-5-10(11)14(22)23;;/h4-7,17H,8H2,1-3H3,(H,22,23)(H2,18,19,20,21,24);;. The second kappa shape index (κ2) is 11.6. The number of benzene rings is 1. The van der Waals surface area contributed by atoms with E-state index in [2.05, 4.69) is 20.0 Å². The van der Waals surface area contributed by atoms with Gasteiger partial charge in [0.1, 0.15) is 4.90 Å². The molecule has 14 nitrogen and oxygen atoms in total. The molecule has 33 heavy (non-hydrogen) atoms. The van der Waals surface area contributed by atoms with Crippen molar-refractivity contribution in [3.05, 3.63) is 35.4 Å². The third kappa shape index (κ3) is 8.41. The number of hydrogen-bond donors (Lipinski definition) is 4. The summed E-state index contributed by atoms with van der Waals surface area (Å²) in [4.78, 5) is 30.6. The summed E-state index contributed by atoms with van der Waals surface area (Å²) in [6, 6.07) is 3.16. The molecule has 0 saturated carbocycles. The van der Waals surface area contributed by atoms with Gasteiger partial charge in [0.15, 0.2) is 0 Å². The Hall–Kier alpha value is -2.50. The van der Waals surface area contributed by atoms with Crippen LogP contribution in [0.2, 0.25) is 0 Å². The minimum atomic E-state index is -4.70. The molecule has 2 aromatic rings. The fourth-order valence-corrected chi connectivity index (χ4v) is 3.85. The van der Waals surface area contributed by atoms with Crippen molar-refractivity contribution in [2.75, 3.05) is 25.8 Å². The number of anilines is 1. The van der Waals surface area contributed by atoms with Crippen LogP contribution in [0.5, 0.6) is 11.8 Å². The zero-order valence-electron chi connectivity index (χ0n) is 16.9. The Kier molecular flexibility index (Phi) is 10.0. The first-order chi connectivity index (χ1) is 14.8. The Morgan fingerprint density at radius 2 is 1.61 bits per heavy atom. The number of sulfonamides is 2. The molecule has 0 unspecified atom stereocenters. The van der Waals surface area contributed by atoms with Crippen molar-refractivity contribution in [1.82, 2.24) is 19.4 Å². The molecule has 1 heterocycles. The molecule has 0 atom stereocenters. The van der Waals surface area contributed by atoms with Crippen LogP contribution >= 0.6 is 0 Å². The normalized spacial score (nSPS) is 11.1. The summed E-state index contributed by atoms with van der Waals surface area (Å²) in [5.41, 5.74) is -0.491. The van der Waals surface area contributed by atoms with Gasteiger partial charge in [-0.1, -0.05) is 6.07 Å². The van der Waals surface area contributed by atoms with Crippen LogP contribution in [0.4, 0.5) is 10.7 Å². The Morgan fingerprint density at radius 1 is 1.03 bits per heavy atom. The van der Waals surface area contributed by atoms with Crippen LogP contribution < -0.4 is 24.2 Å². The monoisotopic (exact) mass is 513 g/mol. The van der Waals surface area contributed by atoms with Gasteiger partial charge < -0.3 is 14.6 Å². The van der Waals surface area contributed by atoms with E-state index in [0.717, 1.165) is 18.4 Å². The van der Waals surface area contributed by atoms with Crippen LogP contribution in [0.15, 0.2) is 29.2 Å². The summed E-state index contributed by atoms with van der Waals surface area (Å²) in [6.45, 7) is -0.301. The average molecular weight is 513 g/mol. The van der Waals surface area contributed by atoms with Crippen molar-refractivity contribution in [2.45, 2.75) is 11.4 Å². The number of carbonyl (C=O) groups is 2. The van der Waals surface area contributed by atoms with E-state index in [0.29, 0.717) is 0 Å². The molecule has 17 heteroatoms. The molecule has 0 aliphatic heterocycles. The van der Waals surface area contributed by atoms with E-state index < -0.39 is 42.5 Å². The van der Waals surface area contributed by atoms with Crippen molar-refractivity contribution in [3.63, 3.8) is 0 Å². The summed E-state index contributed by atoms with van der Waals surface area (Å²) < 4.78 is 61.5. The van der Waals surface area contributed by atoms with Gasteiger partial charge in [-0.3, -0.25) is 5.32 Å². The van der Waals surface area contributed by atoms with Crippen LogP contribution in [0, 0.1) is 0 Å². The number of urea groups is 1. The van der Waals surface area contributed by atoms with Gasteiger partial charge >= 0.3 is 41.6 Å². The number of methoxy groups -OCH3 is 2. The van der Waals surface area contributed by atoms with Gasteiger partial charge in [-0.2, -0.15) is 9.97 Å². The maximum absolute atomic E-state index is 12.7. The van der Waals surface area contributed by atoms with Crippen molar-refractivity contribution in [2.24, 2.45) is 0 Å². The number of hydrogen-bond acceptors (Lipinski definition) is 10. The number of carboxylic acid groups (broad SMARTS) is 1. The van der Waals surface area contributed by atoms with Gasteiger partial charge in [0.05, 0.1) is 32.1 Å². The summed E-state index contributed by atoms with van der Waals surface area (Å²) in [6.07, 6.45) is 0.901. The van der Waals surface area contributed by atoms with Crippen molar-refractivity contribution < 1.29 is 41.0 Å². The molecule has 2 rings (SSSR count). The van der Waals surface area contributed by atoms with E-state index in [9.17, 15) is 31.5 Å². The molecule has 176 valence electrons. The maximum atomic E-state index is 12.7. The number of rotatable bonds is 9. The molecule has 0 spiro atoms. The van der Waals surface area contributed by atoms with Crippen LogP contribution in [0.25, 0.3) is 0 Å². The number of aromatic nitrogens is 2. The van der Waals surface area contributed by atoms with Crippen LogP contribution in [-0.2, 0) is 26.6 Å². The van der Waals surface area contributed by atoms with E-state index >= 15 is 0 Å². The summed E-state index contributed by atoms with van der Waals surface area (Å²) >= 11 is 0. The first-order valence-electron chi connectivity index (χ1n) is 8.46. The van der Waals surface area contributed by atoms with Gasteiger partial charge in [-0.15, -0.1) is 0 Å². The number of nitrogens with one attached hydrogen (secondary N) is 3. The van der Waals surface area contributed by atoms with Crippen LogP contribution in [-0.4, -0.2) is 93.9 Å². The van der Waals surface area contributed by atoms with Crippen LogP contribution in [0.3, 0.4) is 0 Å². The number of carboxylic acids is 1. The van der Waals surface area contributed by atoms with Crippen molar-refractivity contribution >= 4 is 67.6 Å². The molecular weight excluding hydrogens is 493 g/mol. The Morgan fingerprint density at radius 3 is 2.09 bits per heavy atom. The molecular formula is C16H20N5NaO9S2. The molecule has 0 saturated heterocycles. The quantitative estimate of drug-likeness (QED) is 0.303. The second-order valence-corrected chi connectivity index (χ2v) is 9.55. The molecule has 1 aromatic carbocycles. The summed E-state index contributed by atoms with van der Waals surface area (Å²) in [5.74, 6) is -1.88. The molecule has 1 aromatic heterocycles. The SMILES string of the molecule is COc1cc(OC)nc(NC(=O)NS(=O)(=O)c2cc(CNS(C)(=O)=O)ccc2C(=O)O)n1.[NaH]. The Balaban J connectivity index is 0.00000544. The van der Waals surface area contributed by atoms with Crippen molar-refractivity contribution in [1.29, 1.82) is 0 Å². The molecule has 0 aliphatic carbocycles. The molecule has 0 bridgehead atoms. The van der Waals surface area contributed by atoms with E-state index in [-0.39, 0.29) is 59.4 Å². The number of nitrogens with zero attached hydrogens (tertiary/aromatic N) is 2. The van der Waals surface area contributed by atoms with Gasteiger partial charge in [-0.05, 0) is 17.7 Å². The number of aromatic carboxylic acids is 1. The van der Waals surface area contributed by atoms with Crippen molar-refractivity contribution in [3.8, 4) is 11.8 Å². The van der Waals surface area contributed by atoms with Gasteiger partial charge in [0.25, 0.3) is 10.0 Å². The molecule has 0 aliphatic rings. The molecule has 0 fully saturated rings. The topological polar surface area (TPSA) is 203 Å². The fraction of sp³-hybridized carbons (Fsp3) is 0.250. The van der Waals surface area contributed by atoms with E-state index in [1.165, 1.54) is 26.4 Å². The fourth-order valence-electron chi connectivity index (χ4n) is 2.26. The minimum absolute atomic E-state index is 0. The van der Waals surface area contributed by atoms with E-state index in [1.54, 1.807) is 4.72 Å². The predicted molar refractivity (Wildman–Crippen MR) is 117 cm³/mol. The molecule has 2 amide bonds. The molecule has 0 radical (unpaired) electrons. The third-order valence-corrected chi connectivity index (χ3v) is 5.69. The Labute approximate surface area is 211 Å². The Bertz CT molecular complexity index is 1230. The summed E-state index contributed by atoms with van der Waals surface area (Å²) in [5, 5.41) is 11.4. The average Bonchev–Trinajstić information content (AvgIpc) is 2.70. The summed E-state index contributed by atoms with van der Waals surface area (Å²) in [7, 11) is -5.69.